The molecule has 17 heavy (non-hydrogen) atoms. The van der Waals surface area contributed by atoms with Crippen molar-refractivity contribution in [2.24, 2.45) is 0 Å². The fourth-order valence-corrected chi connectivity index (χ4v) is 2.07. The minimum atomic E-state index is -3.29. The Kier molecular flexibility index (Phi) is 5.65. The van der Waals surface area contributed by atoms with Crippen LogP contribution >= 0.6 is 0 Å². The number of rotatable bonds is 7. The van der Waals surface area contributed by atoms with Crippen LogP contribution in [0.2, 0.25) is 0 Å². The summed E-state index contributed by atoms with van der Waals surface area (Å²) in [5.74, 6) is 0. The molecule has 0 aromatic heterocycles. The van der Waals surface area contributed by atoms with Crippen LogP contribution in [0.5, 0.6) is 0 Å². The van der Waals surface area contributed by atoms with Crippen molar-refractivity contribution in [3.8, 4) is 0 Å². The van der Waals surface area contributed by atoms with E-state index in [9.17, 15) is 8.42 Å². The highest BCUT2D eigenvalue weighted by molar-refractivity contribution is 7.85. The van der Waals surface area contributed by atoms with Crippen molar-refractivity contribution >= 4 is 10.1 Å². The third kappa shape index (κ3) is 6.44. The molecule has 0 spiro atoms. The fourth-order valence-electron chi connectivity index (χ4n) is 1.65. The molecule has 1 rings (SSSR count). The third-order valence-electron chi connectivity index (χ3n) is 2.47. The summed E-state index contributed by atoms with van der Waals surface area (Å²) in [7, 11) is -3.29. The topological polar surface area (TPSA) is 43.4 Å². The summed E-state index contributed by atoms with van der Waals surface area (Å²) in [5.41, 5.74) is 2.57. The molecule has 0 bridgehead atoms. The van der Waals surface area contributed by atoms with Crippen molar-refractivity contribution in [3.05, 3.63) is 35.4 Å². The van der Waals surface area contributed by atoms with Gasteiger partial charge < -0.3 is 0 Å². The molecule has 0 unspecified atom stereocenters. The molecule has 0 aliphatic rings. The highest BCUT2D eigenvalue weighted by Crippen LogP contribution is 2.08. The largest absolute Gasteiger partial charge is 0.270 e. The first kappa shape index (κ1) is 14.2. The van der Waals surface area contributed by atoms with Crippen LogP contribution in [-0.2, 0) is 27.1 Å². The molecule has 0 aliphatic heterocycles. The van der Waals surface area contributed by atoms with Crippen LogP contribution in [0.3, 0.4) is 0 Å². The maximum Gasteiger partial charge on any atom is 0.264 e. The third-order valence-corrected chi connectivity index (χ3v) is 3.06. The van der Waals surface area contributed by atoms with E-state index in [1.807, 2.05) is 0 Å². The molecule has 0 saturated heterocycles. The maximum atomic E-state index is 10.7. The lowest BCUT2D eigenvalue weighted by molar-refractivity contribution is 0.316. The van der Waals surface area contributed by atoms with Crippen LogP contribution in [0.4, 0.5) is 0 Å². The lowest BCUT2D eigenvalue weighted by Crippen LogP contribution is -2.04. The zero-order chi connectivity index (χ0) is 12.7. The lowest BCUT2D eigenvalue weighted by atomic mass is 10.1. The standard InChI is InChI=1S/C13H20O3S/c1-3-5-12-7-9-13(10-8-12)6-4-11-16-17(2,14)15/h7-10H,3-6,11H2,1-2H3. The number of hydrogen-bond donors (Lipinski definition) is 0. The van der Waals surface area contributed by atoms with Gasteiger partial charge in [-0.15, -0.1) is 0 Å². The molecular formula is C13H20O3S. The first-order chi connectivity index (χ1) is 8.01. The van der Waals surface area contributed by atoms with Gasteiger partial charge in [-0.2, -0.15) is 8.42 Å². The Morgan fingerprint density at radius 3 is 2.06 bits per heavy atom. The van der Waals surface area contributed by atoms with E-state index in [0.29, 0.717) is 0 Å². The average molecular weight is 256 g/mol. The zero-order valence-electron chi connectivity index (χ0n) is 10.5. The molecular weight excluding hydrogens is 236 g/mol. The molecule has 0 amide bonds. The Balaban J connectivity index is 2.32. The predicted molar refractivity (Wildman–Crippen MR) is 69.6 cm³/mol. The van der Waals surface area contributed by atoms with Gasteiger partial charge in [0.25, 0.3) is 10.1 Å². The van der Waals surface area contributed by atoms with E-state index in [0.717, 1.165) is 31.9 Å². The van der Waals surface area contributed by atoms with E-state index in [1.54, 1.807) is 0 Å². The summed E-state index contributed by atoms with van der Waals surface area (Å²) in [6.45, 7) is 2.42. The van der Waals surface area contributed by atoms with Gasteiger partial charge in [-0.1, -0.05) is 37.6 Å². The van der Waals surface area contributed by atoms with E-state index in [2.05, 4.69) is 35.4 Å². The molecule has 0 aliphatic carbocycles. The smallest absolute Gasteiger partial charge is 0.264 e. The molecule has 0 saturated carbocycles. The van der Waals surface area contributed by atoms with Gasteiger partial charge in [0.05, 0.1) is 12.9 Å². The summed E-state index contributed by atoms with van der Waals surface area (Å²) in [6.07, 6.45) is 4.91. The second-order valence-corrected chi connectivity index (χ2v) is 5.84. The SMILES string of the molecule is CCCc1ccc(CCCOS(C)(=O)=O)cc1. The molecule has 96 valence electrons. The maximum absolute atomic E-state index is 10.7. The highest BCUT2D eigenvalue weighted by Gasteiger charge is 2.01. The van der Waals surface area contributed by atoms with Crippen LogP contribution in [0.25, 0.3) is 0 Å². The Morgan fingerprint density at radius 1 is 1.06 bits per heavy atom. The van der Waals surface area contributed by atoms with E-state index in [1.165, 1.54) is 11.1 Å². The minimum absolute atomic E-state index is 0.259. The van der Waals surface area contributed by atoms with E-state index < -0.39 is 10.1 Å². The summed E-state index contributed by atoms with van der Waals surface area (Å²) < 4.78 is 26.2. The van der Waals surface area contributed by atoms with Crippen LogP contribution in [0.1, 0.15) is 30.9 Å². The monoisotopic (exact) mass is 256 g/mol. The molecule has 1 aromatic carbocycles. The van der Waals surface area contributed by atoms with Gasteiger partial charge in [0, 0.05) is 0 Å². The molecule has 0 heterocycles. The minimum Gasteiger partial charge on any atom is -0.270 e. The quantitative estimate of drug-likeness (QED) is 0.556. The van der Waals surface area contributed by atoms with Gasteiger partial charge in [0.15, 0.2) is 0 Å². The fraction of sp³-hybridized carbons (Fsp3) is 0.538. The molecule has 0 fully saturated rings. The van der Waals surface area contributed by atoms with Crippen LogP contribution in [0, 0.1) is 0 Å². The number of benzene rings is 1. The Bertz CT molecular complexity index is 420. The molecule has 0 radical (unpaired) electrons. The first-order valence-electron chi connectivity index (χ1n) is 5.93. The van der Waals surface area contributed by atoms with E-state index in [4.69, 9.17) is 0 Å². The van der Waals surface area contributed by atoms with Crippen molar-refractivity contribution < 1.29 is 12.6 Å². The summed E-state index contributed by atoms with van der Waals surface area (Å²) in [4.78, 5) is 0. The van der Waals surface area contributed by atoms with Crippen LogP contribution in [0.15, 0.2) is 24.3 Å². The van der Waals surface area contributed by atoms with Crippen LogP contribution in [-0.4, -0.2) is 21.3 Å². The van der Waals surface area contributed by atoms with Gasteiger partial charge in [0.1, 0.15) is 0 Å². The van der Waals surface area contributed by atoms with E-state index in [-0.39, 0.29) is 6.61 Å². The molecule has 3 nitrogen and oxygen atoms in total. The summed E-state index contributed by atoms with van der Waals surface area (Å²) in [5, 5.41) is 0. The molecule has 4 heteroatoms. The molecule has 1 aromatic rings. The zero-order valence-corrected chi connectivity index (χ0v) is 11.3. The van der Waals surface area contributed by atoms with Crippen molar-refractivity contribution in [1.29, 1.82) is 0 Å². The normalized spacial score (nSPS) is 11.6. The van der Waals surface area contributed by atoms with Crippen molar-refractivity contribution in [2.45, 2.75) is 32.6 Å². The second kappa shape index (κ2) is 6.77. The Hall–Kier alpha value is -0.870. The predicted octanol–water partition coefficient (Wildman–Crippen LogP) is 2.55. The summed E-state index contributed by atoms with van der Waals surface area (Å²) >= 11 is 0. The van der Waals surface area contributed by atoms with Gasteiger partial charge >= 0.3 is 0 Å². The Morgan fingerprint density at radius 2 is 1.59 bits per heavy atom. The number of aryl methyl sites for hydroxylation is 2. The Labute approximate surface area is 104 Å². The van der Waals surface area contributed by atoms with E-state index >= 15 is 0 Å². The second-order valence-electron chi connectivity index (χ2n) is 4.20. The average Bonchev–Trinajstić information content (AvgIpc) is 2.26. The first-order valence-corrected chi connectivity index (χ1v) is 7.75. The van der Waals surface area contributed by atoms with Crippen molar-refractivity contribution in [3.63, 3.8) is 0 Å². The van der Waals surface area contributed by atoms with Crippen LogP contribution < -0.4 is 0 Å². The van der Waals surface area contributed by atoms with Gasteiger partial charge in [-0.25, -0.2) is 0 Å². The van der Waals surface area contributed by atoms with Gasteiger partial charge in [-0.3, -0.25) is 4.18 Å². The van der Waals surface area contributed by atoms with Gasteiger partial charge in [0.2, 0.25) is 0 Å². The van der Waals surface area contributed by atoms with Gasteiger partial charge in [-0.05, 0) is 30.4 Å². The molecule has 0 atom stereocenters. The highest BCUT2D eigenvalue weighted by atomic mass is 32.2. The van der Waals surface area contributed by atoms with Crippen molar-refractivity contribution in [2.75, 3.05) is 12.9 Å². The lowest BCUT2D eigenvalue weighted by Gasteiger charge is -2.04. The summed E-state index contributed by atoms with van der Waals surface area (Å²) in [6, 6.07) is 8.48. The van der Waals surface area contributed by atoms with Crippen molar-refractivity contribution in [1.82, 2.24) is 0 Å². The number of hydrogen-bond acceptors (Lipinski definition) is 3. The molecule has 0 N–H and O–H groups in total.